The smallest absolute Gasteiger partial charge is 0.411 e. The molecule has 0 atom stereocenters. The average Bonchev–Trinajstić information content (AvgIpc) is 2.62. The first-order valence-corrected chi connectivity index (χ1v) is 7.63. The Kier molecular flexibility index (Phi) is 4.60. The van der Waals surface area contributed by atoms with Crippen LogP contribution in [0.5, 0.6) is 5.88 Å². The fourth-order valence-corrected chi connectivity index (χ4v) is 2.30. The molecule has 0 saturated carbocycles. The molecule has 8 heteroatoms. The molecule has 0 radical (unpaired) electrons. The van der Waals surface area contributed by atoms with Crippen molar-refractivity contribution in [3.05, 3.63) is 36.4 Å². The number of nitrogen functional groups attached to an aromatic ring is 1. The summed E-state index contributed by atoms with van der Waals surface area (Å²) in [6.45, 7) is 2.31. The van der Waals surface area contributed by atoms with Crippen molar-refractivity contribution >= 4 is 28.8 Å². The Bertz CT molecular complexity index is 912. The second kappa shape index (κ2) is 7.00. The van der Waals surface area contributed by atoms with Crippen LogP contribution in [0.15, 0.2) is 36.4 Å². The molecule has 0 fully saturated rings. The summed E-state index contributed by atoms with van der Waals surface area (Å²) in [6, 6.07) is 10.9. The van der Waals surface area contributed by atoms with Gasteiger partial charge < -0.3 is 15.2 Å². The SMILES string of the molecule is CCOc1nc(N)nc2ccc(-c3ccc(NC(=O)OC)cc3)nc12. The highest BCUT2D eigenvalue weighted by Crippen LogP contribution is 2.26. The van der Waals surface area contributed by atoms with Crippen molar-refractivity contribution in [1.29, 1.82) is 0 Å². The quantitative estimate of drug-likeness (QED) is 0.751. The van der Waals surface area contributed by atoms with Crippen LogP contribution >= 0.6 is 0 Å². The fraction of sp³-hybridized carbons (Fsp3) is 0.176. The number of methoxy groups -OCH3 is 1. The van der Waals surface area contributed by atoms with Crippen LogP contribution in [0, 0.1) is 0 Å². The molecule has 0 bridgehead atoms. The van der Waals surface area contributed by atoms with Gasteiger partial charge in [-0.3, -0.25) is 5.32 Å². The van der Waals surface area contributed by atoms with Gasteiger partial charge in [0.2, 0.25) is 11.8 Å². The Morgan fingerprint density at radius 2 is 1.88 bits per heavy atom. The van der Waals surface area contributed by atoms with Crippen molar-refractivity contribution in [3.63, 3.8) is 0 Å². The number of amides is 1. The molecular weight excluding hydrogens is 322 g/mol. The lowest BCUT2D eigenvalue weighted by atomic mass is 10.1. The fourth-order valence-electron chi connectivity index (χ4n) is 2.30. The highest BCUT2D eigenvalue weighted by Gasteiger charge is 2.11. The van der Waals surface area contributed by atoms with Gasteiger partial charge in [0.05, 0.1) is 24.9 Å². The Balaban J connectivity index is 1.97. The zero-order valence-electron chi connectivity index (χ0n) is 13.8. The topological polar surface area (TPSA) is 112 Å². The number of hydrogen-bond acceptors (Lipinski definition) is 7. The van der Waals surface area contributed by atoms with E-state index in [-0.39, 0.29) is 5.95 Å². The minimum absolute atomic E-state index is 0.142. The molecule has 0 aliphatic heterocycles. The Morgan fingerprint density at radius 1 is 1.12 bits per heavy atom. The lowest BCUT2D eigenvalue weighted by molar-refractivity contribution is 0.187. The molecule has 25 heavy (non-hydrogen) atoms. The van der Waals surface area contributed by atoms with Gasteiger partial charge in [0.1, 0.15) is 0 Å². The van der Waals surface area contributed by atoms with E-state index in [2.05, 4.69) is 25.0 Å². The van der Waals surface area contributed by atoms with E-state index in [0.717, 1.165) is 11.3 Å². The highest BCUT2D eigenvalue weighted by molar-refractivity contribution is 5.86. The van der Waals surface area contributed by atoms with Gasteiger partial charge in [-0.05, 0) is 31.2 Å². The maximum Gasteiger partial charge on any atom is 0.411 e. The molecule has 0 aliphatic carbocycles. The number of aromatic nitrogens is 3. The number of anilines is 2. The van der Waals surface area contributed by atoms with Crippen LogP contribution in [0.2, 0.25) is 0 Å². The van der Waals surface area contributed by atoms with Crippen LogP contribution in [0.1, 0.15) is 6.92 Å². The van der Waals surface area contributed by atoms with E-state index in [1.54, 1.807) is 12.1 Å². The van der Waals surface area contributed by atoms with Gasteiger partial charge in [-0.2, -0.15) is 4.98 Å². The number of nitrogens with zero attached hydrogens (tertiary/aromatic N) is 3. The lowest BCUT2D eigenvalue weighted by Gasteiger charge is -2.09. The molecule has 1 aromatic carbocycles. The molecule has 0 unspecified atom stereocenters. The Labute approximate surface area is 144 Å². The molecular formula is C17H17N5O3. The summed E-state index contributed by atoms with van der Waals surface area (Å²) in [7, 11) is 1.31. The first-order valence-electron chi connectivity index (χ1n) is 7.63. The minimum atomic E-state index is -0.521. The van der Waals surface area contributed by atoms with Crippen LogP contribution in [-0.4, -0.2) is 34.8 Å². The molecule has 0 saturated heterocycles. The number of pyridine rings is 1. The van der Waals surface area contributed by atoms with Gasteiger partial charge in [-0.1, -0.05) is 12.1 Å². The number of rotatable bonds is 4. The number of carbonyl (C=O) groups excluding carboxylic acids is 1. The Hall–Kier alpha value is -3.42. The molecule has 3 aromatic rings. The normalized spacial score (nSPS) is 10.5. The lowest BCUT2D eigenvalue weighted by Crippen LogP contribution is -2.10. The predicted octanol–water partition coefficient (Wildman–Crippen LogP) is 2.85. The van der Waals surface area contributed by atoms with Crippen molar-refractivity contribution in [2.75, 3.05) is 24.8 Å². The van der Waals surface area contributed by atoms with Gasteiger partial charge in [0.15, 0.2) is 5.52 Å². The Morgan fingerprint density at radius 3 is 2.56 bits per heavy atom. The molecule has 128 valence electrons. The summed E-state index contributed by atoms with van der Waals surface area (Å²) in [5.74, 6) is 0.500. The van der Waals surface area contributed by atoms with Crippen molar-refractivity contribution in [1.82, 2.24) is 15.0 Å². The summed E-state index contributed by atoms with van der Waals surface area (Å²) in [5.41, 5.74) is 9.09. The monoisotopic (exact) mass is 339 g/mol. The predicted molar refractivity (Wildman–Crippen MR) is 94.4 cm³/mol. The van der Waals surface area contributed by atoms with Crippen LogP contribution in [0.4, 0.5) is 16.4 Å². The number of ether oxygens (including phenoxy) is 2. The molecule has 2 aromatic heterocycles. The van der Waals surface area contributed by atoms with Gasteiger partial charge in [-0.25, -0.2) is 14.8 Å². The molecule has 8 nitrogen and oxygen atoms in total. The van der Waals surface area contributed by atoms with Crippen molar-refractivity contribution in [2.45, 2.75) is 6.92 Å². The first-order chi connectivity index (χ1) is 12.1. The van der Waals surface area contributed by atoms with Gasteiger partial charge in [-0.15, -0.1) is 0 Å². The molecule has 2 heterocycles. The molecule has 3 N–H and O–H groups in total. The highest BCUT2D eigenvalue weighted by atomic mass is 16.5. The summed E-state index contributed by atoms with van der Waals surface area (Å²) in [5, 5.41) is 2.60. The summed E-state index contributed by atoms with van der Waals surface area (Å²) in [6.07, 6.45) is -0.521. The third-order valence-corrected chi connectivity index (χ3v) is 3.42. The summed E-state index contributed by atoms with van der Waals surface area (Å²) >= 11 is 0. The second-order valence-corrected chi connectivity index (χ2v) is 5.08. The molecule has 0 spiro atoms. The maximum atomic E-state index is 11.2. The zero-order valence-corrected chi connectivity index (χ0v) is 13.8. The van der Waals surface area contributed by atoms with Crippen molar-refractivity contribution in [2.24, 2.45) is 0 Å². The number of nitrogens with two attached hydrogens (primary N) is 1. The van der Waals surface area contributed by atoms with E-state index >= 15 is 0 Å². The van der Waals surface area contributed by atoms with Crippen LogP contribution < -0.4 is 15.8 Å². The van der Waals surface area contributed by atoms with Gasteiger partial charge in [0.25, 0.3) is 0 Å². The van der Waals surface area contributed by atoms with E-state index in [0.29, 0.717) is 29.2 Å². The van der Waals surface area contributed by atoms with E-state index in [4.69, 9.17) is 10.5 Å². The minimum Gasteiger partial charge on any atom is -0.476 e. The van der Waals surface area contributed by atoms with Gasteiger partial charge in [0, 0.05) is 11.3 Å². The first kappa shape index (κ1) is 16.4. The van der Waals surface area contributed by atoms with Crippen molar-refractivity contribution in [3.8, 4) is 17.1 Å². The second-order valence-electron chi connectivity index (χ2n) is 5.08. The number of hydrogen-bond donors (Lipinski definition) is 2. The number of nitrogens with one attached hydrogen (secondary N) is 1. The van der Waals surface area contributed by atoms with Crippen molar-refractivity contribution < 1.29 is 14.3 Å². The number of benzene rings is 1. The van der Waals surface area contributed by atoms with Crippen LogP contribution in [0.25, 0.3) is 22.3 Å². The van der Waals surface area contributed by atoms with Crippen LogP contribution in [0.3, 0.4) is 0 Å². The van der Waals surface area contributed by atoms with E-state index in [1.165, 1.54) is 7.11 Å². The average molecular weight is 339 g/mol. The summed E-state index contributed by atoms with van der Waals surface area (Å²) in [4.78, 5) is 24.1. The number of carbonyl (C=O) groups is 1. The van der Waals surface area contributed by atoms with E-state index < -0.39 is 6.09 Å². The van der Waals surface area contributed by atoms with Crippen LogP contribution in [-0.2, 0) is 4.74 Å². The zero-order chi connectivity index (χ0) is 17.8. The van der Waals surface area contributed by atoms with Gasteiger partial charge >= 0.3 is 6.09 Å². The third-order valence-electron chi connectivity index (χ3n) is 3.42. The maximum absolute atomic E-state index is 11.2. The molecule has 1 amide bonds. The molecule has 3 rings (SSSR count). The molecule has 0 aliphatic rings. The van der Waals surface area contributed by atoms with E-state index in [9.17, 15) is 4.79 Å². The summed E-state index contributed by atoms with van der Waals surface area (Å²) < 4.78 is 10.1. The van der Waals surface area contributed by atoms with E-state index in [1.807, 2.05) is 31.2 Å². The third kappa shape index (κ3) is 3.57. The number of fused-ring (bicyclic) bond motifs is 1. The largest absolute Gasteiger partial charge is 0.476 e. The standard InChI is InChI=1S/C17H17N5O3/c1-3-25-15-14-13(21-16(18)22-15)9-8-12(20-14)10-4-6-11(7-5-10)19-17(23)24-2/h4-9H,3H2,1-2H3,(H,19,23)(H2,18,21,22).